The lowest BCUT2D eigenvalue weighted by Crippen LogP contribution is -2.31. The summed E-state index contributed by atoms with van der Waals surface area (Å²) in [6.07, 6.45) is 6.06. The highest BCUT2D eigenvalue weighted by Crippen LogP contribution is 2.12. The molecule has 0 aliphatic rings. The van der Waals surface area contributed by atoms with Crippen LogP contribution in [0.1, 0.15) is 52.9 Å². The molecule has 0 N–H and O–H groups in total. The van der Waals surface area contributed by atoms with Crippen LogP contribution in [0.3, 0.4) is 0 Å². The molecule has 0 fully saturated rings. The van der Waals surface area contributed by atoms with Crippen molar-refractivity contribution in [2.75, 3.05) is 13.6 Å². The molecule has 0 unspecified atom stereocenters. The van der Waals surface area contributed by atoms with E-state index in [0.717, 1.165) is 13.0 Å². The van der Waals surface area contributed by atoms with Gasteiger partial charge in [-0.05, 0) is 13.3 Å². The lowest BCUT2D eigenvalue weighted by atomic mass is 10.0. The summed E-state index contributed by atoms with van der Waals surface area (Å²) in [6, 6.07) is 0. The minimum atomic E-state index is 0.205. The molecule has 0 aliphatic heterocycles. The molecule has 1 atom stereocenters. The van der Waals surface area contributed by atoms with Crippen LogP contribution in [0, 0.1) is 5.92 Å². The molecule has 0 aromatic heterocycles. The van der Waals surface area contributed by atoms with Crippen molar-refractivity contribution in [3.8, 4) is 0 Å². The lowest BCUT2D eigenvalue weighted by Gasteiger charge is -2.19. The zero-order valence-electron chi connectivity index (χ0n) is 10.2. The van der Waals surface area contributed by atoms with Gasteiger partial charge in [0.2, 0.25) is 5.91 Å². The highest BCUT2D eigenvalue weighted by Gasteiger charge is 2.15. The Balaban J connectivity index is 3.62. The Labute approximate surface area is 88.7 Å². The normalized spacial score (nSPS) is 12.6. The summed E-state index contributed by atoms with van der Waals surface area (Å²) in [5.41, 5.74) is 0. The first-order valence-corrected chi connectivity index (χ1v) is 5.88. The molecule has 0 aliphatic carbocycles. The van der Waals surface area contributed by atoms with E-state index < -0.39 is 0 Å². The van der Waals surface area contributed by atoms with Crippen LogP contribution in [-0.2, 0) is 4.79 Å². The summed E-state index contributed by atoms with van der Waals surface area (Å²) in [6.45, 7) is 7.08. The van der Waals surface area contributed by atoms with Crippen molar-refractivity contribution in [1.82, 2.24) is 4.90 Å². The van der Waals surface area contributed by atoms with Crippen molar-refractivity contribution in [2.45, 2.75) is 52.9 Å². The Bertz CT molecular complexity index is 156. The molecule has 2 nitrogen and oxygen atoms in total. The predicted octanol–water partition coefficient (Wildman–Crippen LogP) is 3.07. The molecule has 14 heavy (non-hydrogen) atoms. The average molecular weight is 199 g/mol. The van der Waals surface area contributed by atoms with Gasteiger partial charge >= 0.3 is 0 Å². The van der Waals surface area contributed by atoms with Crippen LogP contribution >= 0.6 is 0 Å². The molecule has 1 amide bonds. The van der Waals surface area contributed by atoms with Crippen molar-refractivity contribution in [2.24, 2.45) is 5.92 Å². The fourth-order valence-corrected chi connectivity index (χ4v) is 1.53. The van der Waals surface area contributed by atoms with E-state index in [4.69, 9.17) is 0 Å². The fourth-order valence-electron chi connectivity index (χ4n) is 1.53. The number of hydrogen-bond acceptors (Lipinski definition) is 1. The summed E-state index contributed by atoms with van der Waals surface area (Å²) >= 11 is 0. The maximum atomic E-state index is 11.7. The second-order valence-corrected chi connectivity index (χ2v) is 4.10. The van der Waals surface area contributed by atoms with Gasteiger partial charge in [0, 0.05) is 19.5 Å². The van der Waals surface area contributed by atoms with Crippen molar-refractivity contribution in [3.05, 3.63) is 0 Å². The third-order valence-corrected chi connectivity index (χ3v) is 2.76. The molecule has 0 rings (SSSR count). The topological polar surface area (TPSA) is 20.3 Å². The van der Waals surface area contributed by atoms with Crippen LogP contribution in [-0.4, -0.2) is 24.4 Å². The maximum absolute atomic E-state index is 11.7. The summed E-state index contributed by atoms with van der Waals surface area (Å²) in [5.74, 6) is 0.501. The average Bonchev–Trinajstić information content (AvgIpc) is 2.21. The molecule has 0 radical (unpaired) electrons. The van der Waals surface area contributed by atoms with E-state index in [2.05, 4.69) is 6.92 Å². The maximum Gasteiger partial charge on any atom is 0.225 e. The Morgan fingerprint density at radius 2 is 1.86 bits per heavy atom. The summed E-state index contributed by atoms with van der Waals surface area (Å²) in [5, 5.41) is 0. The Hall–Kier alpha value is -0.530. The van der Waals surface area contributed by atoms with Gasteiger partial charge in [-0.3, -0.25) is 4.79 Å². The molecule has 0 aromatic rings. The van der Waals surface area contributed by atoms with E-state index >= 15 is 0 Å². The van der Waals surface area contributed by atoms with Gasteiger partial charge in [0.25, 0.3) is 0 Å². The SMILES string of the molecule is CCCCCC[C@@H](C)C(=O)N(C)CC. The van der Waals surface area contributed by atoms with Crippen molar-refractivity contribution < 1.29 is 4.79 Å². The first-order valence-electron chi connectivity index (χ1n) is 5.88. The molecule has 0 heterocycles. The molecule has 0 spiro atoms. The first-order chi connectivity index (χ1) is 6.63. The smallest absolute Gasteiger partial charge is 0.225 e. The number of rotatable bonds is 7. The molecule has 0 saturated carbocycles. The Kier molecular flexibility index (Phi) is 7.54. The van der Waals surface area contributed by atoms with Gasteiger partial charge < -0.3 is 4.90 Å². The van der Waals surface area contributed by atoms with Crippen LogP contribution in [0.4, 0.5) is 0 Å². The molecule has 2 heteroatoms. The zero-order valence-corrected chi connectivity index (χ0v) is 10.2. The van der Waals surface area contributed by atoms with Gasteiger partial charge in [0.15, 0.2) is 0 Å². The quantitative estimate of drug-likeness (QED) is 0.577. The summed E-state index contributed by atoms with van der Waals surface area (Å²) < 4.78 is 0. The number of nitrogens with zero attached hydrogens (tertiary/aromatic N) is 1. The third-order valence-electron chi connectivity index (χ3n) is 2.76. The Morgan fingerprint density at radius 1 is 1.21 bits per heavy atom. The van der Waals surface area contributed by atoms with E-state index in [1.54, 1.807) is 0 Å². The van der Waals surface area contributed by atoms with Gasteiger partial charge in [0.1, 0.15) is 0 Å². The largest absolute Gasteiger partial charge is 0.346 e. The number of amides is 1. The summed E-state index contributed by atoms with van der Waals surface area (Å²) in [4.78, 5) is 13.5. The van der Waals surface area contributed by atoms with Crippen molar-refractivity contribution in [1.29, 1.82) is 0 Å². The molecular weight excluding hydrogens is 174 g/mol. The van der Waals surface area contributed by atoms with Crippen molar-refractivity contribution >= 4 is 5.91 Å². The zero-order chi connectivity index (χ0) is 11.0. The van der Waals surface area contributed by atoms with Crippen LogP contribution in [0.15, 0.2) is 0 Å². The third kappa shape index (κ3) is 5.25. The molecule has 0 saturated heterocycles. The molecule has 0 bridgehead atoms. The van der Waals surface area contributed by atoms with E-state index in [1.165, 1.54) is 25.7 Å². The van der Waals surface area contributed by atoms with Crippen molar-refractivity contribution in [3.63, 3.8) is 0 Å². The van der Waals surface area contributed by atoms with Gasteiger partial charge in [-0.1, -0.05) is 39.5 Å². The fraction of sp³-hybridized carbons (Fsp3) is 0.917. The van der Waals surface area contributed by atoms with Gasteiger partial charge in [0.05, 0.1) is 0 Å². The lowest BCUT2D eigenvalue weighted by molar-refractivity contribution is -0.133. The van der Waals surface area contributed by atoms with Crippen LogP contribution < -0.4 is 0 Å². The van der Waals surface area contributed by atoms with Gasteiger partial charge in [-0.25, -0.2) is 0 Å². The monoisotopic (exact) mass is 199 g/mol. The van der Waals surface area contributed by atoms with E-state index in [1.807, 2.05) is 25.8 Å². The highest BCUT2D eigenvalue weighted by atomic mass is 16.2. The number of carbonyl (C=O) groups excluding carboxylic acids is 1. The van der Waals surface area contributed by atoms with Gasteiger partial charge in [-0.2, -0.15) is 0 Å². The second kappa shape index (κ2) is 7.84. The molecule has 84 valence electrons. The Morgan fingerprint density at radius 3 is 2.36 bits per heavy atom. The van der Waals surface area contributed by atoms with Gasteiger partial charge in [-0.15, -0.1) is 0 Å². The second-order valence-electron chi connectivity index (χ2n) is 4.10. The predicted molar refractivity (Wildman–Crippen MR) is 61.2 cm³/mol. The van der Waals surface area contributed by atoms with E-state index in [0.29, 0.717) is 5.91 Å². The standard InChI is InChI=1S/C12H25NO/c1-5-7-8-9-10-11(3)12(14)13(4)6-2/h11H,5-10H2,1-4H3/t11-/m1/s1. The summed E-state index contributed by atoms with van der Waals surface area (Å²) in [7, 11) is 1.88. The van der Waals surface area contributed by atoms with Crippen LogP contribution in [0.5, 0.6) is 0 Å². The van der Waals surface area contributed by atoms with Crippen LogP contribution in [0.25, 0.3) is 0 Å². The minimum absolute atomic E-state index is 0.205. The first kappa shape index (κ1) is 13.5. The van der Waals surface area contributed by atoms with Crippen LogP contribution in [0.2, 0.25) is 0 Å². The number of unbranched alkanes of at least 4 members (excludes halogenated alkanes) is 3. The number of hydrogen-bond donors (Lipinski definition) is 0. The number of carbonyl (C=O) groups is 1. The highest BCUT2D eigenvalue weighted by molar-refractivity contribution is 5.78. The van der Waals surface area contributed by atoms with E-state index in [-0.39, 0.29) is 5.92 Å². The van der Waals surface area contributed by atoms with E-state index in [9.17, 15) is 4.79 Å². The minimum Gasteiger partial charge on any atom is -0.346 e. The molecule has 0 aromatic carbocycles. The molecular formula is C12H25NO.